The minimum Gasteiger partial charge on any atom is -0.384 e. The lowest BCUT2D eigenvalue weighted by molar-refractivity contribution is 0.0561. The van der Waals surface area contributed by atoms with Crippen LogP contribution in [0, 0.1) is 5.92 Å². The van der Waals surface area contributed by atoms with Crippen molar-refractivity contribution in [2.45, 2.75) is 12.8 Å². The van der Waals surface area contributed by atoms with Gasteiger partial charge in [0.1, 0.15) is 0 Å². The molecular weight excluding hydrogens is 206 g/mol. The van der Waals surface area contributed by atoms with Crippen LogP contribution >= 0.6 is 0 Å². The predicted molar refractivity (Wildman–Crippen MR) is 59.1 cm³/mol. The van der Waals surface area contributed by atoms with Crippen molar-refractivity contribution in [3.05, 3.63) is 18.2 Å². The van der Waals surface area contributed by atoms with E-state index in [0.29, 0.717) is 11.7 Å². The van der Waals surface area contributed by atoms with E-state index in [2.05, 4.69) is 9.97 Å². The van der Waals surface area contributed by atoms with Gasteiger partial charge in [-0.2, -0.15) is 0 Å². The van der Waals surface area contributed by atoms with Crippen molar-refractivity contribution in [2.75, 3.05) is 26.8 Å². The van der Waals surface area contributed by atoms with Crippen LogP contribution in [0.15, 0.2) is 12.4 Å². The molecule has 2 heterocycles. The van der Waals surface area contributed by atoms with Crippen molar-refractivity contribution in [2.24, 2.45) is 5.92 Å². The second kappa shape index (κ2) is 5.12. The highest BCUT2D eigenvalue weighted by molar-refractivity contribution is 5.90. The maximum Gasteiger partial charge on any atom is 0.289 e. The third kappa shape index (κ3) is 2.41. The number of nitrogens with one attached hydrogen (secondary N) is 1. The molecule has 1 atom stereocenters. The van der Waals surface area contributed by atoms with Gasteiger partial charge in [0, 0.05) is 32.6 Å². The van der Waals surface area contributed by atoms with Crippen molar-refractivity contribution in [1.82, 2.24) is 14.9 Å². The van der Waals surface area contributed by atoms with Gasteiger partial charge in [-0.15, -0.1) is 0 Å². The molecule has 1 aromatic heterocycles. The fourth-order valence-corrected chi connectivity index (χ4v) is 2.15. The molecule has 1 aliphatic heterocycles. The Labute approximate surface area is 94.8 Å². The van der Waals surface area contributed by atoms with Gasteiger partial charge in [0.15, 0.2) is 5.82 Å². The zero-order valence-corrected chi connectivity index (χ0v) is 9.48. The molecule has 0 radical (unpaired) electrons. The lowest BCUT2D eigenvalue weighted by Gasteiger charge is -2.31. The van der Waals surface area contributed by atoms with E-state index in [1.54, 1.807) is 19.5 Å². The van der Waals surface area contributed by atoms with Crippen LogP contribution in [0.4, 0.5) is 0 Å². The van der Waals surface area contributed by atoms with Crippen molar-refractivity contribution in [1.29, 1.82) is 0 Å². The summed E-state index contributed by atoms with van der Waals surface area (Å²) in [6.45, 7) is 2.31. The number of imidazole rings is 1. The number of amides is 1. The van der Waals surface area contributed by atoms with Gasteiger partial charge in [0.25, 0.3) is 5.91 Å². The molecule has 0 spiro atoms. The quantitative estimate of drug-likeness (QED) is 0.828. The smallest absolute Gasteiger partial charge is 0.289 e. The van der Waals surface area contributed by atoms with Crippen LogP contribution < -0.4 is 0 Å². The Morgan fingerprint density at radius 1 is 1.75 bits per heavy atom. The molecule has 1 aromatic rings. The molecule has 5 nitrogen and oxygen atoms in total. The number of aromatic amines is 1. The number of carbonyl (C=O) groups excluding carboxylic acids is 1. The summed E-state index contributed by atoms with van der Waals surface area (Å²) in [5.74, 6) is 0.876. The van der Waals surface area contributed by atoms with Crippen LogP contribution in [0.2, 0.25) is 0 Å². The monoisotopic (exact) mass is 223 g/mol. The molecule has 1 saturated heterocycles. The molecule has 0 aliphatic carbocycles. The summed E-state index contributed by atoms with van der Waals surface area (Å²) in [7, 11) is 1.70. The fraction of sp³-hybridized carbons (Fsp3) is 0.636. The van der Waals surface area contributed by atoms with E-state index < -0.39 is 0 Å². The largest absolute Gasteiger partial charge is 0.384 e. The van der Waals surface area contributed by atoms with Gasteiger partial charge < -0.3 is 14.6 Å². The SMILES string of the molecule is COCC1CCCN(C(=O)c2ncc[nH]2)C1. The summed E-state index contributed by atoms with van der Waals surface area (Å²) in [4.78, 5) is 20.7. The summed E-state index contributed by atoms with van der Waals surface area (Å²) in [5.41, 5.74) is 0. The van der Waals surface area contributed by atoms with E-state index in [4.69, 9.17) is 4.74 Å². The zero-order chi connectivity index (χ0) is 11.4. The lowest BCUT2D eigenvalue weighted by atomic mass is 9.99. The number of likely N-dealkylation sites (tertiary alicyclic amines) is 1. The van der Waals surface area contributed by atoms with E-state index >= 15 is 0 Å². The average molecular weight is 223 g/mol. The number of piperidine rings is 1. The first-order valence-corrected chi connectivity index (χ1v) is 5.59. The van der Waals surface area contributed by atoms with E-state index in [0.717, 1.165) is 32.5 Å². The molecule has 1 N–H and O–H groups in total. The third-order valence-electron chi connectivity index (χ3n) is 2.91. The fourth-order valence-electron chi connectivity index (χ4n) is 2.15. The van der Waals surface area contributed by atoms with Crippen molar-refractivity contribution < 1.29 is 9.53 Å². The van der Waals surface area contributed by atoms with Crippen molar-refractivity contribution in [3.63, 3.8) is 0 Å². The number of H-pyrrole nitrogens is 1. The molecule has 16 heavy (non-hydrogen) atoms. The molecule has 0 aromatic carbocycles. The Balaban J connectivity index is 1.96. The molecule has 88 valence electrons. The van der Waals surface area contributed by atoms with Crippen LogP contribution in [0.3, 0.4) is 0 Å². The number of ether oxygens (including phenoxy) is 1. The van der Waals surface area contributed by atoms with Gasteiger partial charge >= 0.3 is 0 Å². The molecule has 1 aliphatic rings. The first-order valence-electron chi connectivity index (χ1n) is 5.59. The number of nitrogens with zero attached hydrogens (tertiary/aromatic N) is 2. The van der Waals surface area contributed by atoms with E-state index in [9.17, 15) is 4.79 Å². The van der Waals surface area contributed by atoms with Crippen molar-refractivity contribution >= 4 is 5.91 Å². The first kappa shape index (κ1) is 11.1. The van der Waals surface area contributed by atoms with E-state index in [-0.39, 0.29) is 5.91 Å². The Hall–Kier alpha value is -1.36. The van der Waals surface area contributed by atoms with Gasteiger partial charge in [-0.25, -0.2) is 4.98 Å². The molecule has 5 heteroatoms. The topological polar surface area (TPSA) is 58.2 Å². The summed E-state index contributed by atoms with van der Waals surface area (Å²) < 4.78 is 5.14. The standard InChI is InChI=1S/C11H17N3O2/c1-16-8-9-3-2-6-14(7-9)11(15)10-12-4-5-13-10/h4-5,9H,2-3,6-8H2,1H3,(H,12,13). The Kier molecular flexibility index (Phi) is 3.56. The Morgan fingerprint density at radius 3 is 3.31 bits per heavy atom. The summed E-state index contributed by atoms with van der Waals surface area (Å²) in [6, 6.07) is 0. The summed E-state index contributed by atoms with van der Waals surface area (Å²) >= 11 is 0. The number of aromatic nitrogens is 2. The molecule has 0 saturated carbocycles. The van der Waals surface area contributed by atoms with Crippen LogP contribution in [0.5, 0.6) is 0 Å². The number of hydrogen-bond acceptors (Lipinski definition) is 3. The van der Waals surface area contributed by atoms with Gasteiger partial charge in [-0.05, 0) is 18.8 Å². The van der Waals surface area contributed by atoms with Crippen LogP contribution in [0.1, 0.15) is 23.5 Å². The minimum absolute atomic E-state index is 0.00852. The number of rotatable bonds is 3. The highest BCUT2D eigenvalue weighted by Gasteiger charge is 2.25. The average Bonchev–Trinajstić information content (AvgIpc) is 2.82. The number of hydrogen-bond donors (Lipinski definition) is 1. The number of methoxy groups -OCH3 is 1. The van der Waals surface area contributed by atoms with E-state index in [1.807, 2.05) is 4.90 Å². The molecule has 1 fully saturated rings. The predicted octanol–water partition coefficient (Wildman–Crippen LogP) is 0.908. The van der Waals surface area contributed by atoms with Crippen LogP contribution in [-0.2, 0) is 4.74 Å². The second-order valence-electron chi connectivity index (χ2n) is 4.15. The maximum atomic E-state index is 12.0. The van der Waals surface area contributed by atoms with E-state index in [1.165, 1.54) is 0 Å². The molecule has 1 amide bonds. The highest BCUT2D eigenvalue weighted by Crippen LogP contribution is 2.17. The van der Waals surface area contributed by atoms with Crippen molar-refractivity contribution in [3.8, 4) is 0 Å². The molecule has 0 bridgehead atoms. The molecular formula is C11H17N3O2. The third-order valence-corrected chi connectivity index (χ3v) is 2.91. The Bertz CT molecular complexity index is 335. The first-order chi connectivity index (χ1) is 7.81. The van der Waals surface area contributed by atoms with Crippen LogP contribution in [0.25, 0.3) is 0 Å². The lowest BCUT2D eigenvalue weighted by Crippen LogP contribution is -2.41. The van der Waals surface area contributed by atoms with Gasteiger partial charge in [-0.3, -0.25) is 4.79 Å². The normalized spacial score (nSPS) is 21.1. The summed E-state index contributed by atoms with van der Waals surface area (Å²) in [5, 5.41) is 0. The van der Waals surface area contributed by atoms with Gasteiger partial charge in [-0.1, -0.05) is 0 Å². The zero-order valence-electron chi connectivity index (χ0n) is 9.48. The second-order valence-corrected chi connectivity index (χ2v) is 4.15. The molecule has 1 unspecified atom stereocenters. The van der Waals surface area contributed by atoms with Gasteiger partial charge in [0.05, 0.1) is 6.61 Å². The van der Waals surface area contributed by atoms with Crippen LogP contribution in [-0.4, -0.2) is 47.6 Å². The summed E-state index contributed by atoms with van der Waals surface area (Å²) in [6.07, 6.45) is 5.45. The maximum absolute atomic E-state index is 12.0. The highest BCUT2D eigenvalue weighted by atomic mass is 16.5. The number of carbonyl (C=O) groups is 1. The molecule has 2 rings (SSSR count). The Morgan fingerprint density at radius 2 is 2.62 bits per heavy atom. The van der Waals surface area contributed by atoms with Gasteiger partial charge in [0.2, 0.25) is 0 Å². The minimum atomic E-state index is -0.00852.